The zero-order valence-electron chi connectivity index (χ0n) is 21.3. The van der Waals surface area contributed by atoms with Crippen molar-refractivity contribution in [3.05, 3.63) is 125 Å². The van der Waals surface area contributed by atoms with Crippen LogP contribution in [0.2, 0.25) is 0 Å². The van der Waals surface area contributed by atoms with E-state index in [0.29, 0.717) is 11.1 Å². The molecule has 0 saturated carbocycles. The Balaban J connectivity index is 1.65. The second-order valence-corrected chi connectivity index (χ2v) is 9.80. The molecule has 1 heterocycles. The number of ketones is 1. The Morgan fingerprint density at radius 1 is 1.00 bits per heavy atom. The molecule has 3 aromatic carbocycles. The van der Waals surface area contributed by atoms with Crippen LogP contribution in [0.5, 0.6) is 0 Å². The zero-order chi connectivity index (χ0) is 25.6. The van der Waals surface area contributed by atoms with Gasteiger partial charge in [0.15, 0.2) is 0 Å². The summed E-state index contributed by atoms with van der Waals surface area (Å²) < 4.78 is 2.10. The molecular weight excluding hydrogens is 442 g/mol. The zero-order valence-corrected chi connectivity index (χ0v) is 21.3. The fourth-order valence-corrected chi connectivity index (χ4v) is 5.48. The first-order valence-electron chi connectivity index (χ1n) is 12.4. The van der Waals surface area contributed by atoms with Crippen molar-refractivity contribution in [2.75, 3.05) is 0 Å². The molecule has 36 heavy (non-hydrogen) atoms. The molecule has 1 N–H and O–H groups in total. The minimum absolute atomic E-state index is 0.0397. The minimum Gasteiger partial charge on any atom is -0.506 e. The number of aryl methyl sites for hydroxylation is 2. The summed E-state index contributed by atoms with van der Waals surface area (Å²) in [6.07, 6.45) is 2.61. The minimum atomic E-state index is -0.344. The lowest BCUT2D eigenvalue weighted by Crippen LogP contribution is -2.26. The first kappa shape index (κ1) is 23.6. The van der Waals surface area contributed by atoms with E-state index in [0.717, 1.165) is 39.7 Å². The van der Waals surface area contributed by atoms with Gasteiger partial charge in [0.1, 0.15) is 5.76 Å². The summed E-state index contributed by atoms with van der Waals surface area (Å²) in [4.78, 5) is 13.6. The van der Waals surface area contributed by atoms with Gasteiger partial charge in [-0.15, -0.1) is 0 Å². The first-order valence-corrected chi connectivity index (χ1v) is 12.4. The molecule has 3 heteroatoms. The van der Waals surface area contributed by atoms with Crippen LogP contribution in [0.1, 0.15) is 37.0 Å². The van der Waals surface area contributed by atoms with Gasteiger partial charge in [0.25, 0.3) is 0 Å². The maximum atomic E-state index is 13.6. The molecule has 0 bridgehead atoms. The highest BCUT2D eigenvalue weighted by atomic mass is 16.3. The van der Waals surface area contributed by atoms with Gasteiger partial charge >= 0.3 is 0 Å². The Bertz CT molecular complexity index is 1580. The Hall–Kier alpha value is -4.11. The van der Waals surface area contributed by atoms with Crippen molar-refractivity contribution in [3.63, 3.8) is 0 Å². The lowest BCUT2D eigenvalue weighted by molar-refractivity contribution is -0.111. The van der Waals surface area contributed by atoms with Crippen molar-refractivity contribution in [2.24, 2.45) is 7.05 Å². The van der Waals surface area contributed by atoms with Crippen LogP contribution < -0.4 is 0 Å². The van der Waals surface area contributed by atoms with Crippen LogP contribution >= 0.6 is 0 Å². The molecule has 5 rings (SSSR count). The highest BCUT2D eigenvalue weighted by molar-refractivity contribution is 6.41. The fraction of sp³-hybridized carbons (Fsp3) is 0.182. The lowest BCUT2D eigenvalue weighted by Gasteiger charge is -2.33. The molecule has 1 aliphatic carbocycles. The summed E-state index contributed by atoms with van der Waals surface area (Å²) in [7, 11) is 2.00. The van der Waals surface area contributed by atoms with Crippen LogP contribution in [0.25, 0.3) is 27.7 Å². The maximum absolute atomic E-state index is 13.6. The third kappa shape index (κ3) is 3.46. The van der Waals surface area contributed by atoms with Crippen molar-refractivity contribution < 1.29 is 9.90 Å². The van der Waals surface area contributed by atoms with E-state index in [1.54, 1.807) is 6.08 Å². The largest absolute Gasteiger partial charge is 0.506 e. The monoisotopic (exact) mass is 473 g/mol. The third-order valence-corrected chi connectivity index (χ3v) is 7.84. The predicted molar refractivity (Wildman–Crippen MR) is 149 cm³/mol. The van der Waals surface area contributed by atoms with Crippen molar-refractivity contribution >= 4 is 22.3 Å². The summed E-state index contributed by atoms with van der Waals surface area (Å²) in [6.45, 7) is 10.7. The van der Waals surface area contributed by atoms with Gasteiger partial charge in [-0.3, -0.25) is 4.79 Å². The Morgan fingerprint density at radius 2 is 1.64 bits per heavy atom. The Kier molecular flexibility index (Phi) is 5.80. The van der Waals surface area contributed by atoms with Crippen LogP contribution in [0.3, 0.4) is 0 Å². The number of hydrogen-bond acceptors (Lipinski definition) is 2. The molecule has 180 valence electrons. The molecule has 1 unspecified atom stereocenters. The molecule has 0 fully saturated rings. The van der Waals surface area contributed by atoms with Gasteiger partial charge in [-0.05, 0) is 47.8 Å². The van der Waals surface area contributed by atoms with Crippen LogP contribution in [0.4, 0.5) is 0 Å². The number of aliphatic hydroxyl groups excluding tert-OH is 1. The van der Waals surface area contributed by atoms with Gasteiger partial charge in [0, 0.05) is 28.9 Å². The van der Waals surface area contributed by atoms with Gasteiger partial charge in [-0.1, -0.05) is 93.2 Å². The van der Waals surface area contributed by atoms with Crippen molar-refractivity contribution in [3.8, 4) is 11.3 Å². The number of para-hydroxylation sites is 1. The number of aromatic nitrogens is 1. The summed E-state index contributed by atoms with van der Waals surface area (Å²) >= 11 is 0. The number of nitrogens with zero attached hydrogens (tertiary/aromatic N) is 1. The van der Waals surface area contributed by atoms with Crippen LogP contribution in [0, 0.1) is 6.92 Å². The topological polar surface area (TPSA) is 42.2 Å². The molecule has 0 spiro atoms. The summed E-state index contributed by atoms with van der Waals surface area (Å²) in [6, 6.07) is 26.3. The Morgan fingerprint density at radius 3 is 2.31 bits per heavy atom. The number of hydrogen-bond donors (Lipinski definition) is 1. The standard InChI is InChI=1S/C33H31NO2/c1-6-33(4,26-18-12-10-14-21(26)2)22(3)20-25-31(35)29(32(25)36)28-24-17-11-13-19-27(24)34(5)30(28)23-15-8-7-9-16-23/h7-20,35H,3,6H2,1-2,4-5H3/b25-20+. The van der Waals surface area contributed by atoms with E-state index >= 15 is 0 Å². The highest BCUT2D eigenvalue weighted by Crippen LogP contribution is 2.46. The van der Waals surface area contributed by atoms with E-state index in [1.165, 1.54) is 11.1 Å². The summed E-state index contributed by atoms with van der Waals surface area (Å²) in [5.41, 5.74) is 7.26. The number of benzene rings is 3. The van der Waals surface area contributed by atoms with Gasteiger partial charge in [0.05, 0.1) is 16.8 Å². The van der Waals surface area contributed by atoms with Crippen molar-refractivity contribution in [1.82, 2.24) is 4.57 Å². The molecule has 0 aliphatic heterocycles. The number of Topliss-reactive ketones (excluding diaryl/α,β-unsaturated/α-hetero) is 1. The van der Waals surface area contributed by atoms with E-state index in [1.807, 2.05) is 73.8 Å². The molecule has 0 saturated heterocycles. The number of rotatable bonds is 6. The van der Waals surface area contributed by atoms with Crippen molar-refractivity contribution in [1.29, 1.82) is 0 Å². The number of aliphatic hydroxyl groups is 1. The van der Waals surface area contributed by atoms with E-state index in [4.69, 9.17) is 0 Å². The summed E-state index contributed by atoms with van der Waals surface area (Å²) in [5.74, 6) is -0.108. The van der Waals surface area contributed by atoms with Gasteiger partial charge in [-0.25, -0.2) is 0 Å². The SMILES string of the molecule is C=C(/C=C1/C(=O)C(c2c(-c3ccccc3)n(C)c3ccccc23)=C1O)C(C)(CC)c1ccccc1C. The van der Waals surface area contributed by atoms with Gasteiger partial charge in [0.2, 0.25) is 5.78 Å². The maximum Gasteiger partial charge on any atom is 0.201 e. The number of carbonyl (C=O) groups excluding carboxylic acids is 1. The fourth-order valence-electron chi connectivity index (χ4n) is 5.48. The van der Waals surface area contributed by atoms with E-state index in [2.05, 4.69) is 44.0 Å². The highest BCUT2D eigenvalue weighted by Gasteiger charge is 2.39. The van der Waals surface area contributed by atoms with E-state index < -0.39 is 0 Å². The molecule has 0 radical (unpaired) electrons. The molecule has 4 aromatic rings. The second-order valence-electron chi connectivity index (χ2n) is 9.80. The van der Waals surface area contributed by atoms with Crippen LogP contribution in [-0.4, -0.2) is 15.5 Å². The van der Waals surface area contributed by atoms with Crippen molar-refractivity contribution in [2.45, 2.75) is 32.6 Å². The Labute approximate surface area is 212 Å². The van der Waals surface area contributed by atoms with E-state index in [9.17, 15) is 9.90 Å². The molecule has 0 amide bonds. The number of allylic oxidation sites excluding steroid dienone is 4. The van der Waals surface area contributed by atoms with Gasteiger partial charge < -0.3 is 9.67 Å². The van der Waals surface area contributed by atoms with E-state index in [-0.39, 0.29) is 17.0 Å². The van der Waals surface area contributed by atoms with Crippen LogP contribution in [0.15, 0.2) is 108 Å². The molecular formula is C33H31NO2. The average Bonchev–Trinajstić information content (AvgIpc) is 3.19. The molecule has 1 aliphatic rings. The smallest absolute Gasteiger partial charge is 0.201 e. The predicted octanol–water partition coefficient (Wildman–Crippen LogP) is 7.86. The average molecular weight is 474 g/mol. The first-order chi connectivity index (χ1) is 17.3. The lowest BCUT2D eigenvalue weighted by atomic mass is 9.71. The molecule has 1 aromatic heterocycles. The number of fused-ring (bicyclic) bond motifs is 1. The normalized spacial score (nSPS) is 16.3. The second kappa shape index (κ2) is 8.83. The van der Waals surface area contributed by atoms with Crippen LogP contribution in [-0.2, 0) is 17.3 Å². The van der Waals surface area contributed by atoms with Gasteiger partial charge in [-0.2, -0.15) is 0 Å². The quantitative estimate of drug-likeness (QED) is 0.290. The number of carbonyl (C=O) groups is 1. The third-order valence-electron chi connectivity index (χ3n) is 7.84. The summed E-state index contributed by atoms with van der Waals surface area (Å²) in [5, 5.41) is 12.2. The molecule has 3 nitrogen and oxygen atoms in total. The molecule has 1 atom stereocenters.